The number of nitrogens with one attached hydrogen (secondary N) is 1. The van der Waals surface area contributed by atoms with Crippen molar-refractivity contribution in [1.29, 1.82) is 0 Å². The van der Waals surface area contributed by atoms with Crippen LogP contribution in [0.5, 0.6) is 0 Å². The molecule has 0 bridgehead atoms. The maximum atomic E-state index is 12.0. The number of carbonyl (C=O) groups excluding carboxylic acids is 1. The van der Waals surface area contributed by atoms with Gasteiger partial charge in [0.2, 0.25) is 5.91 Å². The molecule has 1 unspecified atom stereocenters. The molecule has 0 aromatic heterocycles. The second-order valence-electron chi connectivity index (χ2n) is 3.98. The summed E-state index contributed by atoms with van der Waals surface area (Å²) in [6, 6.07) is -0.0616. The highest BCUT2D eigenvalue weighted by atomic mass is 19.4. The summed E-state index contributed by atoms with van der Waals surface area (Å²) in [7, 11) is 1.34. The van der Waals surface area contributed by atoms with Crippen molar-refractivity contribution in [3.05, 3.63) is 0 Å². The van der Waals surface area contributed by atoms with Gasteiger partial charge in [0.1, 0.15) is 0 Å². The Kier molecular flexibility index (Phi) is 5.74. The van der Waals surface area contributed by atoms with Gasteiger partial charge in [-0.15, -0.1) is 0 Å². The molecule has 96 valence electrons. The summed E-state index contributed by atoms with van der Waals surface area (Å²) in [6.07, 6.45) is -7.08. The van der Waals surface area contributed by atoms with Crippen LogP contribution in [-0.4, -0.2) is 54.4 Å². The van der Waals surface area contributed by atoms with E-state index in [2.05, 4.69) is 5.32 Å². The lowest BCUT2D eigenvalue weighted by atomic mass is 10.3. The molecule has 0 aliphatic carbocycles. The number of hydrogen-bond donors (Lipinski definition) is 2. The number of hydrogen-bond acceptors (Lipinski definition) is 3. The lowest BCUT2D eigenvalue weighted by Crippen LogP contribution is -2.44. The summed E-state index contributed by atoms with van der Waals surface area (Å²) >= 11 is 0. The third-order valence-corrected chi connectivity index (χ3v) is 1.73. The molecule has 0 aliphatic rings. The molecule has 1 atom stereocenters. The van der Waals surface area contributed by atoms with Crippen LogP contribution in [-0.2, 0) is 4.79 Å². The van der Waals surface area contributed by atoms with E-state index in [0.717, 1.165) is 4.90 Å². The summed E-state index contributed by atoms with van der Waals surface area (Å²) in [5.41, 5.74) is 0. The summed E-state index contributed by atoms with van der Waals surface area (Å²) in [5.74, 6) is -0.369. The van der Waals surface area contributed by atoms with Crippen LogP contribution in [0.2, 0.25) is 0 Å². The van der Waals surface area contributed by atoms with E-state index in [1.807, 2.05) is 0 Å². The van der Waals surface area contributed by atoms with Gasteiger partial charge in [0.25, 0.3) is 0 Å². The van der Waals surface area contributed by atoms with Crippen LogP contribution in [0, 0.1) is 0 Å². The number of aliphatic hydroxyl groups excluding tert-OH is 1. The molecule has 0 fully saturated rings. The first kappa shape index (κ1) is 15.2. The van der Waals surface area contributed by atoms with E-state index < -0.39 is 18.8 Å². The maximum absolute atomic E-state index is 12.0. The van der Waals surface area contributed by atoms with E-state index in [4.69, 9.17) is 5.11 Å². The molecule has 0 aliphatic heterocycles. The van der Waals surface area contributed by atoms with Crippen molar-refractivity contribution in [2.24, 2.45) is 0 Å². The zero-order chi connectivity index (χ0) is 12.9. The van der Waals surface area contributed by atoms with E-state index in [1.165, 1.54) is 7.05 Å². The topological polar surface area (TPSA) is 52.6 Å². The zero-order valence-corrected chi connectivity index (χ0v) is 9.51. The zero-order valence-electron chi connectivity index (χ0n) is 9.51. The number of rotatable bonds is 5. The number of aliphatic hydroxyl groups is 1. The Labute approximate surface area is 92.4 Å². The Morgan fingerprint density at radius 2 is 1.94 bits per heavy atom. The summed E-state index contributed by atoms with van der Waals surface area (Å²) in [6.45, 7) is 2.71. The van der Waals surface area contributed by atoms with Crippen molar-refractivity contribution in [3.63, 3.8) is 0 Å². The third-order valence-electron chi connectivity index (χ3n) is 1.73. The van der Waals surface area contributed by atoms with Crippen molar-refractivity contribution in [2.75, 3.05) is 20.1 Å². The van der Waals surface area contributed by atoms with E-state index in [1.54, 1.807) is 13.8 Å². The van der Waals surface area contributed by atoms with Crippen molar-refractivity contribution < 1.29 is 23.1 Å². The molecule has 0 rings (SSSR count). The SMILES string of the molecule is CC(C)NC(=O)CN(C)CC(O)C(F)(F)F. The third kappa shape index (κ3) is 6.62. The van der Waals surface area contributed by atoms with Gasteiger partial charge in [-0.2, -0.15) is 13.2 Å². The monoisotopic (exact) mass is 242 g/mol. The Balaban J connectivity index is 3.99. The molecular formula is C9H17F3N2O2. The normalized spacial score (nSPS) is 14.3. The van der Waals surface area contributed by atoms with E-state index in [0.29, 0.717) is 0 Å². The first-order valence-electron chi connectivity index (χ1n) is 4.85. The van der Waals surface area contributed by atoms with Gasteiger partial charge < -0.3 is 10.4 Å². The summed E-state index contributed by atoms with van der Waals surface area (Å²) in [5, 5.41) is 11.3. The van der Waals surface area contributed by atoms with Crippen LogP contribution in [0.1, 0.15) is 13.8 Å². The van der Waals surface area contributed by atoms with Crippen LogP contribution in [0.15, 0.2) is 0 Å². The highest BCUT2D eigenvalue weighted by molar-refractivity contribution is 5.78. The first-order valence-corrected chi connectivity index (χ1v) is 4.85. The molecule has 0 spiro atoms. The van der Waals surface area contributed by atoms with Gasteiger partial charge in [0, 0.05) is 12.6 Å². The fourth-order valence-corrected chi connectivity index (χ4v) is 1.08. The predicted molar refractivity (Wildman–Crippen MR) is 52.8 cm³/mol. The van der Waals surface area contributed by atoms with Crippen LogP contribution in [0.3, 0.4) is 0 Å². The number of amides is 1. The van der Waals surface area contributed by atoms with E-state index >= 15 is 0 Å². The minimum atomic E-state index is -4.65. The molecule has 0 radical (unpaired) electrons. The van der Waals surface area contributed by atoms with Crippen molar-refractivity contribution in [1.82, 2.24) is 10.2 Å². The number of nitrogens with zero attached hydrogens (tertiary/aromatic N) is 1. The van der Waals surface area contributed by atoms with Crippen LogP contribution in [0.4, 0.5) is 13.2 Å². The molecule has 1 amide bonds. The number of halogens is 3. The minimum Gasteiger partial charge on any atom is -0.382 e. The fraction of sp³-hybridized carbons (Fsp3) is 0.889. The van der Waals surface area contributed by atoms with Crippen molar-refractivity contribution >= 4 is 5.91 Å². The highest BCUT2D eigenvalue weighted by Crippen LogP contribution is 2.20. The average Bonchev–Trinajstić information content (AvgIpc) is 1.98. The van der Waals surface area contributed by atoms with Gasteiger partial charge in [-0.05, 0) is 20.9 Å². The second-order valence-corrected chi connectivity index (χ2v) is 3.98. The molecule has 0 saturated heterocycles. The Morgan fingerprint density at radius 3 is 2.31 bits per heavy atom. The first-order chi connectivity index (χ1) is 7.12. The molecule has 7 heteroatoms. The smallest absolute Gasteiger partial charge is 0.382 e. The van der Waals surface area contributed by atoms with Gasteiger partial charge in [0.05, 0.1) is 6.54 Å². The second kappa shape index (κ2) is 6.05. The average molecular weight is 242 g/mol. The summed E-state index contributed by atoms with van der Waals surface area (Å²) in [4.78, 5) is 12.3. The molecule has 0 aromatic rings. The van der Waals surface area contributed by atoms with Crippen molar-refractivity contribution in [3.8, 4) is 0 Å². The molecule has 2 N–H and O–H groups in total. The van der Waals surface area contributed by atoms with Crippen LogP contribution in [0.25, 0.3) is 0 Å². The fourth-order valence-electron chi connectivity index (χ4n) is 1.08. The molecule has 0 heterocycles. The van der Waals surface area contributed by atoms with E-state index in [-0.39, 0.29) is 18.5 Å². The Hall–Kier alpha value is -0.820. The summed E-state index contributed by atoms with van der Waals surface area (Å²) < 4.78 is 35.9. The van der Waals surface area contributed by atoms with Crippen molar-refractivity contribution in [2.45, 2.75) is 32.2 Å². The molecular weight excluding hydrogens is 225 g/mol. The molecule has 4 nitrogen and oxygen atoms in total. The lowest BCUT2D eigenvalue weighted by Gasteiger charge is -2.22. The van der Waals surface area contributed by atoms with Gasteiger partial charge in [-0.3, -0.25) is 9.69 Å². The van der Waals surface area contributed by atoms with Gasteiger partial charge in [-0.1, -0.05) is 0 Å². The molecule has 0 saturated carbocycles. The highest BCUT2D eigenvalue weighted by Gasteiger charge is 2.38. The predicted octanol–water partition coefficient (Wildman–Crippen LogP) is 0.366. The quantitative estimate of drug-likeness (QED) is 0.732. The van der Waals surface area contributed by atoms with Gasteiger partial charge in [-0.25, -0.2) is 0 Å². The molecule has 0 aromatic carbocycles. The van der Waals surface area contributed by atoms with Gasteiger partial charge in [0.15, 0.2) is 6.10 Å². The maximum Gasteiger partial charge on any atom is 0.415 e. The number of carbonyl (C=O) groups is 1. The number of alkyl halides is 3. The molecule has 16 heavy (non-hydrogen) atoms. The Bertz CT molecular complexity index is 231. The van der Waals surface area contributed by atoms with Crippen LogP contribution < -0.4 is 5.32 Å². The lowest BCUT2D eigenvalue weighted by molar-refractivity contribution is -0.207. The van der Waals surface area contributed by atoms with Crippen LogP contribution >= 0.6 is 0 Å². The number of likely N-dealkylation sites (N-methyl/N-ethyl adjacent to an activating group) is 1. The largest absolute Gasteiger partial charge is 0.415 e. The minimum absolute atomic E-state index is 0.0616. The van der Waals surface area contributed by atoms with Gasteiger partial charge >= 0.3 is 6.18 Å². The standard InChI is InChI=1S/C9H17F3N2O2/c1-6(2)13-8(16)5-14(3)4-7(15)9(10,11)12/h6-7,15H,4-5H2,1-3H3,(H,13,16). The van der Waals surface area contributed by atoms with E-state index in [9.17, 15) is 18.0 Å². The Morgan fingerprint density at radius 1 is 1.44 bits per heavy atom.